The minimum Gasteiger partial charge on any atom is -0.372 e. The average molecular weight is 487 g/mol. The van der Waals surface area contributed by atoms with Crippen molar-refractivity contribution < 1.29 is 23.9 Å². The molecule has 1 fully saturated rings. The van der Waals surface area contributed by atoms with E-state index in [2.05, 4.69) is 15.6 Å². The first-order valence-corrected chi connectivity index (χ1v) is 11.2. The molecule has 1 aliphatic rings. The van der Waals surface area contributed by atoms with Crippen molar-refractivity contribution in [1.82, 2.24) is 15.6 Å². The van der Waals surface area contributed by atoms with Crippen molar-refractivity contribution in [3.8, 4) is 0 Å². The molecular formula is C24H24ClFN4O4. The fraction of sp³-hybridized carbons (Fsp3) is 0.292. The van der Waals surface area contributed by atoms with Crippen LogP contribution in [0.15, 0.2) is 42.5 Å². The van der Waals surface area contributed by atoms with Crippen LogP contribution in [0.25, 0.3) is 10.9 Å². The van der Waals surface area contributed by atoms with Crippen molar-refractivity contribution in [3.63, 3.8) is 0 Å². The van der Waals surface area contributed by atoms with Gasteiger partial charge in [-0.1, -0.05) is 11.6 Å². The number of H-pyrrole nitrogens is 1. The van der Waals surface area contributed by atoms with Gasteiger partial charge in [-0.2, -0.15) is 0 Å². The lowest BCUT2D eigenvalue weighted by molar-refractivity contribution is -0.149. The van der Waals surface area contributed by atoms with E-state index < -0.39 is 23.2 Å². The van der Waals surface area contributed by atoms with E-state index in [9.17, 15) is 23.9 Å². The Hall–Kier alpha value is -3.43. The summed E-state index contributed by atoms with van der Waals surface area (Å²) in [4.78, 5) is 42.4. The Bertz CT molecular complexity index is 1270. The van der Waals surface area contributed by atoms with Gasteiger partial charge in [0.1, 0.15) is 11.5 Å². The van der Waals surface area contributed by atoms with Gasteiger partial charge >= 0.3 is 0 Å². The zero-order valence-electron chi connectivity index (χ0n) is 18.6. The summed E-state index contributed by atoms with van der Waals surface area (Å²) in [6, 6.07) is 10.6. The van der Waals surface area contributed by atoms with Gasteiger partial charge < -0.3 is 25.6 Å². The van der Waals surface area contributed by atoms with E-state index in [4.69, 9.17) is 11.6 Å². The van der Waals surface area contributed by atoms with Gasteiger partial charge in [0, 0.05) is 47.2 Å². The molecule has 0 spiro atoms. The van der Waals surface area contributed by atoms with E-state index in [1.54, 1.807) is 24.3 Å². The standard InChI is InChI=1S/C24H24ClFN4O4/c1-13(2)28-21(31)20-10-15-9-18(3-4-19(15)29-20)30-6-5-24(34,23(30)33)22(32)27-12-14-7-16(25)11-17(26)8-14/h3-4,7-11,13,29,34H,5-6,12H2,1-2H3,(H,27,32)(H,28,31)/t24-/m0/s1. The van der Waals surface area contributed by atoms with E-state index in [0.29, 0.717) is 27.8 Å². The number of benzene rings is 2. The number of nitrogens with one attached hydrogen (secondary N) is 3. The van der Waals surface area contributed by atoms with Crippen LogP contribution in [-0.4, -0.2) is 46.0 Å². The maximum Gasteiger partial charge on any atom is 0.268 e. The molecule has 2 heterocycles. The van der Waals surface area contributed by atoms with Gasteiger partial charge in [-0.25, -0.2) is 4.39 Å². The van der Waals surface area contributed by atoms with Gasteiger partial charge in [0.2, 0.25) is 5.60 Å². The fourth-order valence-electron chi connectivity index (χ4n) is 3.95. The quantitative estimate of drug-likeness (QED) is 0.401. The highest BCUT2D eigenvalue weighted by Crippen LogP contribution is 2.31. The largest absolute Gasteiger partial charge is 0.372 e. The van der Waals surface area contributed by atoms with Crippen molar-refractivity contribution in [2.45, 2.75) is 38.5 Å². The molecule has 34 heavy (non-hydrogen) atoms. The van der Waals surface area contributed by atoms with Crippen LogP contribution in [0.1, 0.15) is 36.3 Å². The molecule has 3 amide bonds. The van der Waals surface area contributed by atoms with Crippen LogP contribution in [0.5, 0.6) is 0 Å². The summed E-state index contributed by atoms with van der Waals surface area (Å²) in [5.74, 6) is -2.41. The summed E-state index contributed by atoms with van der Waals surface area (Å²) >= 11 is 5.83. The Morgan fingerprint density at radius 1 is 1.24 bits per heavy atom. The van der Waals surface area contributed by atoms with Crippen molar-refractivity contribution in [2.75, 3.05) is 11.4 Å². The molecular weight excluding hydrogens is 463 g/mol. The number of fused-ring (bicyclic) bond motifs is 1. The first-order valence-electron chi connectivity index (χ1n) is 10.8. The molecule has 1 aromatic heterocycles. The zero-order chi connectivity index (χ0) is 24.6. The molecule has 10 heteroatoms. The van der Waals surface area contributed by atoms with Gasteiger partial charge in [-0.3, -0.25) is 14.4 Å². The molecule has 8 nitrogen and oxygen atoms in total. The number of nitrogens with zero attached hydrogens (tertiary/aromatic N) is 1. The fourth-order valence-corrected chi connectivity index (χ4v) is 4.20. The molecule has 0 saturated carbocycles. The molecule has 0 aliphatic carbocycles. The molecule has 0 radical (unpaired) electrons. The van der Waals surface area contributed by atoms with Crippen molar-refractivity contribution in [2.24, 2.45) is 0 Å². The molecule has 0 unspecified atom stereocenters. The van der Waals surface area contributed by atoms with Gasteiger partial charge in [-0.05, 0) is 61.9 Å². The van der Waals surface area contributed by atoms with Crippen LogP contribution in [0.3, 0.4) is 0 Å². The van der Waals surface area contributed by atoms with E-state index in [1.165, 1.54) is 17.0 Å². The number of halogens is 2. The third-order valence-electron chi connectivity index (χ3n) is 5.63. The minimum absolute atomic E-state index is 0.0154. The molecule has 178 valence electrons. The second-order valence-corrected chi connectivity index (χ2v) is 9.05. The normalized spacial score (nSPS) is 18.1. The summed E-state index contributed by atoms with van der Waals surface area (Å²) in [5, 5.41) is 17.0. The molecule has 4 N–H and O–H groups in total. The number of rotatable bonds is 6. The molecule has 3 aromatic rings. The average Bonchev–Trinajstić information content (AvgIpc) is 3.32. The van der Waals surface area contributed by atoms with Gasteiger partial charge in [0.05, 0.1) is 0 Å². The van der Waals surface area contributed by atoms with Crippen LogP contribution < -0.4 is 15.5 Å². The number of aliphatic hydroxyl groups is 1. The topological polar surface area (TPSA) is 115 Å². The number of hydrogen-bond donors (Lipinski definition) is 4. The molecule has 0 bridgehead atoms. The number of amides is 3. The van der Waals surface area contributed by atoms with Crippen molar-refractivity contribution in [3.05, 3.63) is 64.6 Å². The van der Waals surface area contributed by atoms with Crippen molar-refractivity contribution in [1.29, 1.82) is 0 Å². The van der Waals surface area contributed by atoms with Crippen LogP contribution in [-0.2, 0) is 16.1 Å². The van der Waals surface area contributed by atoms with Gasteiger partial charge in [0.25, 0.3) is 17.7 Å². The Morgan fingerprint density at radius 2 is 2.00 bits per heavy atom. The summed E-state index contributed by atoms with van der Waals surface area (Å²) in [7, 11) is 0. The van der Waals surface area contributed by atoms with Gasteiger partial charge in [0.15, 0.2) is 0 Å². The van der Waals surface area contributed by atoms with Gasteiger partial charge in [-0.15, -0.1) is 0 Å². The number of anilines is 1. The third-order valence-corrected chi connectivity index (χ3v) is 5.85. The number of carbonyl (C=O) groups is 3. The molecule has 1 atom stereocenters. The molecule has 2 aromatic carbocycles. The Morgan fingerprint density at radius 3 is 2.71 bits per heavy atom. The summed E-state index contributed by atoms with van der Waals surface area (Å²) in [6.07, 6.45) is -0.102. The highest BCUT2D eigenvalue weighted by Gasteiger charge is 2.51. The number of hydrogen-bond acceptors (Lipinski definition) is 4. The Balaban J connectivity index is 1.49. The zero-order valence-corrected chi connectivity index (χ0v) is 19.4. The first kappa shape index (κ1) is 23.7. The second-order valence-electron chi connectivity index (χ2n) is 8.61. The lowest BCUT2D eigenvalue weighted by Gasteiger charge is -2.22. The van der Waals surface area contributed by atoms with Crippen LogP contribution in [0, 0.1) is 5.82 Å². The predicted molar refractivity (Wildman–Crippen MR) is 126 cm³/mol. The number of carbonyl (C=O) groups excluding carboxylic acids is 3. The summed E-state index contributed by atoms with van der Waals surface area (Å²) < 4.78 is 13.5. The second kappa shape index (κ2) is 9.08. The lowest BCUT2D eigenvalue weighted by Crippen LogP contribution is -2.52. The number of aromatic amines is 1. The minimum atomic E-state index is -2.24. The summed E-state index contributed by atoms with van der Waals surface area (Å²) in [5.41, 5.74) is -0.243. The molecule has 4 rings (SSSR count). The smallest absolute Gasteiger partial charge is 0.268 e. The SMILES string of the molecule is CC(C)NC(=O)c1cc2cc(N3CC[C@](O)(C(=O)NCc4cc(F)cc(Cl)c4)C3=O)ccc2[nH]1. The lowest BCUT2D eigenvalue weighted by atomic mass is 10.0. The van der Waals surface area contributed by atoms with E-state index in [-0.39, 0.29) is 36.5 Å². The van der Waals surface area contributed by atoms with Crippen molar-refractivity contribution >= 4 is 45.9 Å². The van der Waals surface area contributed by atoms with Crippen LogP contribution in [0.4, 0.5) is 10.1 Å². The van der Waals surface area contributed by atoms with E-state index in [1.807, 2.05) is 13.8 Å². The molecule has 1 saturated heterocycles. The highest BCUT2D eigenvalue weighted by molar-refractivity contribution is 6.30. The van der Waals surface area contributed by atoms with Crippen LogP contribution in [0.2, 0.25) is 5.02 Å². The predicted octanol–water partition coefficient (Wildman–Crippen LogP) is 2.88. The Labute approximate surface area is 200 Å². The maximum atomic E-state index is 13.5. The monoisotopic (exact) mass is 486 g/mol. The number of aromatic nitrogens is 1. The Kier molecular flexibility index (Phi) is 6.33. The highest BCUT2D eigenvalue weighted by atomic mass is 35.5. The van der Waals surface area contributed by atoms with E-state index >= 15 is 0 Å². The first-order chi connectivity index (χ1) is 16.1. The van der Waals surface area contributed by atoms with Crippen LogP contribution >= 0.6 is 11.6 Å². The van der Waals surface area contributed by atoms with E-state index in [0.717, 1.165) is 6.07 Å². The summed E-state index contributed by atoms with van der Waals surface area (Å²) in [6.45, 7) is 3.76. The maximum absolute atomic E-state index is 13.5. The molecule has 1 aliphatic heterocycles. The third kappa shape index (κ3) is 4.62.